The highest BCUT2D eigenvalue weighted by Crippen LogP contribution is 2.39. The molecule has 148 valence electrons. The second-order valence-corrected chi connectivity index (χ2v) is 7.33. The van der Waals surface area contributed by atoms with Crippen LogP contribution in [0.25, 0.3) is 17.1 Å². The summed E-state index contributed by atoms with van der Waals surface area (Å²) < 4.78 is 1.12. The standard InChI is InChI=1S/C20H23N3O5/c1-9(2)11-5-13(17(26)7-15(11)24)19-21-22-20(28)23(19)14-6-12(10(3)4)16(25)8-18(14)27/h5-10,24-27H,1-4H3,(H,22,28). The molecule has 0 saturated carbocycles. The van der Waals surface area contributed by atoms with Crippen LogP contribution in [-0.2, 0) is 0 Å². The van der Waals surface area contributed by atoms with Crippen LogP contribution >= 0.6 is 0 Å². The van der Waals surface area contributed by atoms with E-state index < -0.39 is 5.69 Å². The van der Waals surface area contributed by atoms with Gasteiger partial charge in [-0.15, -0.1) is 0 Å². The summed E-state index contributed by atoms with van der Waals surface area (Å²) in [6.07, 6.45) is 0. The van der Waals surface area contributed by atoms with Gasteiger partial charge in [0.2, 0.25) is 0 Å². The molecule has 0 aliphatic rings. The van der Waals surface area contributed by atoms with Crippen molar-refractivity contribution in [2.75, 3.05) is 0 Å². The number of rotatable bonds is 4. The van der Waals surface area contributed by atoms with E-state index in [4.69, 9.17) is 0 Å². The Bertz CT molecular complexity index is 1100. The minimum Gasteiger partial charge on any atom is -0.508 e. The van der Waals surface area contributed by atoms with Gasteiger partial charge in [0.15, 0.2) is 5.82 Å². The zero-order chi connectivity index (χ0) is 20.7. The lowest BCUT2D eigenvalue weighted by molar-refractivity contribution is 0.440. The van der Waals surface area contributed by atoms with E-state index in [0.29, 0.717) is 11.1 Å². The lowest BCUT2D eigenvalue weighted by Gasteiger charge is -2.15. The molecule has 0 radical (unpaired) electrons. The molecule has 28 heavy (non-hydrogen) atoms. The molecule has 3 aromatic rings. The highest BCUT2D eigenvalue weighted by Gasteiger charge is 2.22. The van der Waals surface area contributed by atoms with Crippen LogP contribution in [-0.4, -0.2) is 35.2 Å². The van der Waals surface area contributed by atoms with E-state index in [9.17, 15) is 25.2 Å². The van der Waals surface area contributed by atoms with E-state index in [2.05, 4.69) is 10.2 Å². The zero-order valence-electron chi connectivity index (χ0n) is 16.1. The van der Waals surface area contributed by atoms with Gasteiger partial charge in [-0.1, -0.05) is 27.7 Å². The van der Waals surface area contributed by atoms with Gasteiger partial charge in [0.05, 0.1) is 11.3 Å². The van der Waals surface area contributed by atoms with Gasteiger partial charge >= 0.3 is 5.69 Å². The maximum absolute atomic E-state index is 12.5. The van der Waals surface area contributed by atoms with Crippen LogP contribution in [0.2, 0.25) is 0 Å². The third-order valence-corrected chi connectivity index (χ3v) is 4.67. The van der Waals surface area contributed by atoms with Crippen LogP contribution in [0.4, 0.5) is 0 Å². The van der Waals surface area contributed by atoms with Crippen molar-refractivity contribution in [1.82, 2.24) is 14.8 Å². The molecule has 0 saturated heterocycles. The maximum Gasteiger partial charge on any atom is 0.348 e. The fourth-order valence-electron chi connectivity index (χ4n) is 3.16. The van der Waals surface area contributed by atoms with Crippen LogP contribution in [0.1, 0.15) is 50.7 Å². The minimum atomic E-state index is -0.621. The zero-order valence-corrected chi connectivity index (χ0v) is 16.1. The molecule has 0 spiro atoms. The number of phenols is 4. The molecular weight excluding hydrogens is 362 g/mol. The molecule has 8 heteroatoms. The van der Waals surface area contributed by atoms with Crippen molar-refractivity contribution >= 4 is 0 Å². The van der Waals surface area contributed by atoms with E-state index in [1.165, 1.54) is 18.2 Å². The van der Waals surface area contributed by atoms with Crippen LogP contribution in [0, 0.1) is 0 Å². The van der Waals surface area contributed by atoms with E-state index in [1.807, 2.05) is 27.7 Å². The van der Waals surface area contributed by atoms with Gasteiger partial charge in [-0.2, -0.15) is 5.10 Å². The number of nitrogens with one attached hydrogen (secondary N) is 1. The first-order chi connectivity index (χ1) is 13.1. The van der Waals surface area contributed by atoms with E-state index in [0.717, 1.165) is 4.57 Å². The third-order valence-electron chi connectivity index (χ3n) is 4.67. The number of benzene rings is 2. The van der Waals surface area contributed by atoms with E-state index >= 15 is 0 Å². The van der Waals surface area contributed by atoms with Gasteiger partial charge in [0.25, 0.3) is 0 Å². The number of aromatic hydroxyl groups is 4. The Morgan fingerprint density at radius 1 is 0.821 bits per heavy atom. The summed E-state index contributed by atoms with van der Waals surface area (Å²) in [5.41, 5.74) is 0.841. The normalized spacial score (nSPS) is 11.5. The Hall–Kier alpha value is -3.42. The Morgan fingerprint density at radius 2 is 1.36 bits per heavy atom. The Labute approximate surface area is 161 Å². The van der Waals surface area contributed by atoms with Gasteiger partial charge in [-0.25, -0.2) is 14.5 Å². The molecule has 0 atom stereocenters. The molecule has 0 aliphatic heterocycles. The monoisotopic (exact) mass is 385 g/mol. The predicted molar refractivity (Wildman–Crippen MR) is 104 cm³/mol. The summed E-state index contributed by atoms with van der Waals surface area (Å²) in [5, 5.41) is 47.2. The molecule has 0 amide bonds. The first-order valence-corrected chi connectivity index (χ1v) is 8.91. The summed E-state index contributed by atoms with van der Waals surface area (Å²) in [6.45, 7) is 7.51. The second-order valence-electron chi connectivity index (χ2n) is 7.33. The number of hydrogen-bond donors (Lipinski definition) is 5. The van der Waals surface area contributed by atoms with E-state index in [-0.39, 0.29) is 51.9 Å². The molecule has 0 fully saturated rings. The largest absolute Gasteiger partial charge is 0.508 e. The smallest absolute Gasteiger partial charge is 0.348 e. The quantitative estimate of drug-likeness (QED) is 0.468. The molecule has 8 nitrogen and oxygen atoms in total. The predicted octanol–water partition coefficient (Wildman–Crippen LogP) is 3.30. The van der Waals surface area contributed by atoms with Gasteiger partial charge in [-0.3, -0.25) is 0 Å². The minimum absolute atomic E-state index is 0.0342. The molecule has 2 aromatic carbocycles. The van der Waals surface area contributed by atoms with Gasteiger partial charge < -0.3 is 20.4 Å². The fraction of sp³-hybridized carbons (Fsp3) is 0.300. The van der Waals surface area contributed by atoms with Crippen molar-refractivity contribution in [2.24, 2.45) is 0 Å². The topological polar surface area (TPSA) is 132 Å². The van der Waals surface area contributed by atoms with Gasteiger partial charge in [0, 0.05) is 12.1 Å². The summed E-state index contributed by atoms with van der Waals surface area (Å²) in [5.74, 6) is -0.731. The number of hydrogen-bond acceptors (Lipinski definition) is 6. The first-order valence-electron chi connectivity index (χ1n) is 8.91. The molecule has 1 heterocycles. The molecule has 0 bridgehead atoms. The van der Waals surface area contributed by atoms with Crippen molar-refractivity contribution in [1.29, 1.82) is 0 Å². The average Bonchev–Trinajstić information content (AvgIpc) is 2.95. The number of aromatic amines is 1. The Kier molecular flexibility index (Phi) is 4.80. The number of aromatic nitrogens is 3. The van der Waals surface area contributed by atoms with Gasteiger partial charge in [-0.05, 0) is 35.1 Å². The fourth-order valence-corrected chi connectivity index (χ4v) is 3.16. The summed E-state index contributed by atoms with van der Waals surface area (Å²) in [7, 11) is 0. The van der Waals surface area contributed by atoms with Crippen LogP contribution < -0.4 is 5.69 Å². The lowest BCUT2D eigenvalue weighted by Crippen LogP contribution is -2.16. The molecule has 5 N–H and O–H groups in total. The molecule has 0 unspecified atom stereocenters. The average molecular weight is 385 g/mol. The van der Waals surface area contributed by atoms with Crippen molar-refractivity contribution in [3.05, 3.63) is 45.9 Å². The molecular formula is C20H23N3O5. The number of H-pyrrole nitrogens is 1. The van der Waals surface area contributed by atoms with Crippen LogP contribution in [0.3, 0.4) is 0 Å². The summed E-state index contributed by atoms with van der Waals surface area (Å²) in [6, 6.07) is 5.44. The van der Waals surface area contributed by atoms with Gasteiger partial charge in [0.1, 0.15) is 23.0 Å². The first kappa shape index (κ1) is 19.3. The van der Waals surface area contributed by atoms with Crippen molar-refractivity contribution < 1.29 is 20.4 Å². The third kappa shape index (κ3) is 3.17. The summed E-state index contributed by atoms with van der Waals surface area (Å²) >= 11 is 0. The van der Waals surface area contributed by atoms with Crippen LogP contribution in [0.15, 0.2) is 29.1 Å². The number of nitrogens with zero attached hydrogens (tertiary/aromatic N) is 2. The molecule has 0 aliphatic carbocycles. The number of phenolic OH excluding ortho intramolecular Hbond substituents is 4. The Balaban J connectivity index is 2.30. The molecule has 3 rings (SSSR count). The van der Waals surface area contributed by atoms with Crippen molar-refractivity contribution in [3.8, 4) is 40.1 Å². The Morgan fingerprint density at radius 3 is 1.93 bits per heavy atom. The molecule has 1 aromatic heterocycles. The maximum atomic E-state index is 12.5. The second kappa shape index (κ2) is 6.95. The lowest BCUT2D eigenvalue weighted by atomic mass is 9.98. The highest BCUT2D eigenvalue weighted by molar-refractivity contribution is 5.70. The SMILES string of the molecule is CC(C)c1cc(-c2n[nH]c(=O)n2-c2cc(C(C)C)c(O)cc2O)c(O)cc1O. The van der Waals surface area contributed by atoms with Crippen molar-refractivity contribution in [3.63, 3.8) is 0 Å². The van der Waals surface area contributed by atoms with Crippen LogP contribution in [0.5, 0.6) is 23.0 Å². The summed E-state index contributed by atoms with van der Waals surface area (Å²) in [4.78, 5) is 12.5. The highest BCUT2D eigenvalue weighted by atomic mass is 16.3. The van der Waals surface area contributed by atoms with Crippen molar-refractivity contribution in [2.45, 2.75) is 39.5 Å². The van der Waals surface area contributed by atoms with E-state index in [1.54, 1.807) is 6.07 Å².